The minimum atomic E-state index is -0.710. The molecule has 1 heterocycles. The molecule has 1 aliphatic rings. The van der Waals surface area contributed by atoms with Crippen LogP contribution in [0.2, 0.25) is 0 Å². The smallest absolute Gasteiger partial charge is 0.229 e. The molecule has 1 aromatic carbocycles. The lowest BCUT2D eigenvalue weighted by molar-refractivity contribution is -0.203. The normalized spacial score (nSPS) is 23.7. The van der Waals surface area contributed by atoms with Crippen LogP contribution in [0.3, 0.4) is 0 Å². The third-order valence-corrected chi connectivity index (χ3v) is 3.71. The van der Waals surface area contributed by atoms with Crippen LogP contribution in [0.5, 0.6) is 5.75 Å². The van der Waals surface area contributed by atoms with Gasteiger partial charge < -0.3 is 23.7 Å². The molecule has 0 fully saturated rings. The van der Waals surface area contributed by atoms with Gasteiger partial charge in [-0.15, -0.1) is 0 Å². The van der Waals surface area contributed by atoms with Crippen molar-refractivity contribution in [3.63, 3.8) is 0 Å². The van der Waals surface area contributed by atoms with E-state index in [2.05, 4.69) is 0 Å². The van der Waals surface area contributed by atoms with Gasteiger partial charge in [0.15, 0.2) is 5.76 Å². The van der Waals surface area contributed by atoms with Crippen LogP contribution < -0.4 is 4.74 Å². The van der Waals surface area contributed by atoms with Crippen molar-refractivity contribution in [2.24, 2.45) is 0 Å². The van der Waals surface area contributed by atoms with E-state index in [4.69, 9.17) is 23.7 Å². The Morgan fingerprint density at radius 1 is 1.04 bits per heavy atom. The number of methoxy groups -OCH3 is 4. The van der Waals surface area contributed by atoms with E-state index in [1.807, 2.05) is 24.3 Å². The Kier molecular flexibility index (Phi) is 6.54. The number of ether oxygens (including phenoxy) is 5. The summed E-state index contributed by atoms with van der Waals surface area (Å²) < 4.78 is 26.6. The molecule has 1 aromatic rings. The Morgan fingerprint density at radius 3 is 2.29 bits per heavy atom. The fraction of sp³-hybridized carbons (Fsp3) is 0.389. The van der Waals surface area contributed by atoms with Crippen molar-refractivity contribution < 1.29 is 28.5 Å². The van der Waals surface area contributed by atoms with E-state index in [0.29, 0.717) is 0 Å². The van der Waals surface area contributed by atoms with Gasteiger partial charge in [0.2, 0.25) is 12.1 Å². The first-order chi connectivity index (χ1) is 11.6. The standard InChI is InChI=1S/C18H22O6/c1-20-13-8-5-12(6-9-13)7-10-14(19)15-11-16(21-2)17(22-3)18(23-4)24-15/h5-11,16-18H,1-4H3/b10-7+/t16-,17+,18-/m0/s1. The quantitative estimate of drug-likeness (QED) is 0.712. The molecule has 0 amide bonds. The summed E-state index contributed by atoms with van der Waals surface area (Å²) in [5.41, 5.74) is 0.877. The zero-order valence-electron chi connectivity index (χ0n) is 14.2. The fourth-order valence-corrected chi connectivity index (χ4v) is 2.37. The van der Waals surface area contributed by atoms with Crippen molar-refractivity contribution in [1.82, 2.24) is 0 Å². The summed E-state index contributed by atoms with van der Waals surface area (Å²) in [5.74, 6) is 0.657. The third kappa shape index (κ3) is 4.23. The number of hydrogen-bond donors (Lipinski definition) is 0. The summed E-state index contributed by atoms with van der Waals surface area (Å²) in [6.45, 7) is 0. The molecule has 3 atom stereocenters. The predicted molar refractivity (Wildman–Crippen MR) is 88.6 cm³/mol. The lowest BCUT2D eigenvalue weighted by atomic mass is 10.1. The van der Waals surface area contributed by atoms with Gasteiger partial charge in [0, 0.05) is 21.3 Å². The molecule has 0 unspecified atom stereocenters. The lowest BCUT2D eigenvalue weighted by Crippen LogP contribution is -2.45. The molecule has 0 bridgehead atoms. The molecule has 0 spiro atoms. The zero-order chi connectivity index (χ0) is 17.5. The average molecular weight is 334 g/mol. The minimum Gasteiger partial charge on any atom is -0.497 e. The van der Waals surface area contributed by atoms with Crippen LogP contribution >= 0.6 is 0 Å². The van der Waals surface area contributed by atoms with Gasteiger partial charge in [-0.25, -0.2) is 0 Å². The van der Waals surface area contributed by atoms with Crippen molar-refractivity contribution in [1.29, 1.82) is 0 Å². The number of allylic oxidation sites excluding steroid dienone is 1. The van der Waals surface area contributed by atoms with Crippen molar-refractivity contribution >= 4 is 11.9 Å². The van der Waals surface area contributed by atoms with Crippen molar-refractivity contribution in [3.05, 3.63) is 47.7 Å². The summed E-state index contributed by atoms with van der Waals surface area (Å²) in [4.78, 5) is 12.4. The van der Waals surface area contributed by atoms with Crippen LogP contribution in [0.15, 0.2) is 42.2 Å². The fourth-order valence-electron chi connectivity index (χ4n) is 2.37. The van der Waals surface area contributed by atoms with Gasteiger partial charge in [-0.3, -0.25) is 4.79 Å². The Balaban J connectivity index is 2.12. The summed E-state index contributed by atoms with van der Waals surface area (Å²) in [7, 11) is 6.17. The first-order valence-electron chi connectivity index (χ1n) is 7.46. The van der Waals surface area contributed by atoms with E-state index in [1.165, 1.54) is 20.3 Å². The molecule has 24 heavy (non-hydrogen) atoms. The number of rotatable bonds is 7. The van der Waals surface area contributed by atoms with Crippen LogP contribution in [0.4, 0.5) is 0 Å². The third-order valence-electron chi connectivity index (χ3n) is 3.71. The Hall–Kier alpha value is -2.15. The summed E-state index contributed by atoms with van der Waals surface area (Å²) >= 11 is 0. The molecule has 130 valence electrons. The molecule has 6 heteroatoms. The van der Waals surface area contributed by atoms with Crippen LogP contribution in [0.1, 0.15) is 5.56 Å². The van der Waals surface area contributed by atoms with Crippen LogP contribution in [-0.2, 0) is 23.7 Å². The first kappa shape index (κ1) is 18.2. The molecule has 0 aromatic heterocycles. The highest BCUT2D eigenvalue weighted by atomic mass is 16.7. The average Bonchev–Trinajstić information content (AvgIpc) is 2.65. The Bertz CT molecular complexity index is 604. The maximum atomic E-state index is 12.4. The van der Waals surface area contributed by atoms with E-state index >= 15 is 0 Å². The van der Waals surface area contributed by atoms with E-state index in [-0.39, 0.29) is 11.5 Å². The van der Waals surface area contributed by atoms with Crippen LogP contribution in [0, 0.1) is 0 Å². The van der Waals surface area contributed by atoms with Crippen molar-refractivity contribution in [3.8, 4) is 5.75 Å². The highest BCUT2D eigenvalue weighted by Gasteiger charge is 2.36. The highest BCUT2D eigenvalue weighted by molar-refractivity contribution is 6.05. The molecule has 0 aliphatic carbocycles. The predicted octanol–water partition coefficient (Wildman–Crippen LogP) is 2.19. The van der Waals surface area contributed by atoms with Crippen molar-refractivity contribution in [2.75, 3.05) is 28.4 Å². The number of ketones is 1. The molecule has 6 nitrogen and oxygen atoms in total. The number of carbonyl (C=O) groups is 1. The minimum absolute atomic E-state index is 0.173. The number of hydrogen-bond acceptors (Lipinski definition) is 6. The second kappa shape index (κ2) is 8.63. The molecular formula is C18H22O6. The number of benzene rings is 1. The van der Waals surface area contributed by atoms with E-state index < -0.39 is 18.5 Å². The van der Waals surface area contributed by atoms with Gasteiger partial charge in [-0.1, -0.05) is 18.2 Å². The lowest BCUT2D eigenvalue weighted by Gasteiger charge is -2.33. The second-order valence-electron chi connectivity index (χ2n) is 5.12. The van der Waals surface area contributed by atoms with Gasteiger partial charge in [0.05, 0.1) is 7.11 Å². The number of carbonyl (C=O) groups excluding carboxylic acids is 1. The maximum Gasteiger partial charge on any atom is 0.229 e. The van der Waals surface area contributed by atoms with Gasteiger partial charge in [0.25, 0.3) is 0 Å². The topological polar surface area (TPSA) is 63.2 Å². The monoisotopic (exact) mass is 334 g/mol. The largest absolute Gasteiger partial charge is 0.497 e. The molecule has 0 N–H and O–H groups in total. The molecule has 2 rings (SSSR count). The maximum absolute atomic E-state index is 12.4. The van der Waals surface area contributed by atoms with E-state index in [1.54, 1.807) is 26.4 Å². The Labute approximate surface area is 141 Å². The summed E-state index contributed by atoms with van der Waals surface area (Å²) in [6, 6.07) is 7.36. The molecule has 0 saturated heterocycles. The SMILES string of the molecule is COc1ccc(/C=C/C(=O)C2=C[C@H](OC)[C@@H](OC)[C@@H](OC)O2)cc1. The van der Waals surface area contributed by atoms with Crippen LogP contribution in [0.25, 0.3) is 6.08 Å². The van der Waals surface area contributed by atoms with E-state index in [0.717, 1.165) is 11.3 Å². The second-order valence-corrected chi connectivity index (χ2v) is 5.12. The molecule has 0 saturated carbocycles. The molecular weight excluding hydrogens is 312 g/mol. The van der Waals surface area contributed by atoms with Gasteiger partial charge in [-0.2, -0.15) is 0 Å². The van der Waals surface area contributed by atoms with E-state index in [9.17, 15) is 4.79 Å². The summed E-state index contributed by atoms with van der Waals surface area (Å²) in [6.07, 6.45) is 3.17. The highest BCUT2D eigenvalue weighted by Crippen LogP contribution is 2.24. The van der Waals surface area contributed by atoms with Crippen LogP contribution in [-0.4, -0.2) is 52.7 Å². The molecule has 1 aliphatic heterocycles. The summed E-state index contributed by atoms with van der Waals surface area (Å²) in [5, 5.41) is 0. The van der Waals surface area contributed by atoms with Gasteiger partial charge in [-0.05, 0) is 29.8 Å². The first-order valence-corrected chi connectivity index (χ1v) is 7.46. The zero-order valence-corrected chi connectivity index (χ0v) is 14.2. The van der Waals surface area contributed by atoms with Crippen molar-refractivity contribution in [2.45, 2.75) is 18.5 Å². The Morgan fingerprint density at radius 2 is 1.75 bits per heavy atom. The van der Waals surface area contributed by atoms with Gasteiger partial charge >= 0.3 is 0 Å². The molecule has 0 radical (unpaired) electrons. The van der Waals surface area contributed by atoms with Gasteiger partial charge in [0.1, 0.15) is 18.0 Å².